The lowest BCUT2D eigenvalue weighted by Crippen LogP contribution is -2.32. The molecule has 0 saturated carbocycles. The Morgan fingerprint density at radius 1 is 1.30 bits per heavy atom. The number of nitrogens with one attached hydrogen (secondary N) is 1. The molecule has 20 heavy (non-hydrogen) atoms. The average Bonchev–Trinajstić information content (AvgIpc) is 2.45. The third-order valence-corrected chi connectivity index (χ3v) is 2.75. The van der Waals surface area contributed by atoms with Crippen molar-refractivity contribution in [3.63, 3.8) is 0 Å². The summed E-state index contributed by atoms with van der Waals surface area (Å²) in [5.41, 5.74) is 6.76. The third kappa shape index (κ3) is 6.31. The summed E-state index contributed by atoms with van der Waals surface area (Å²) in [5.74, 6) is 1.98. The van der Waals surface area contributed by atoms with E-state index in [-0.39, 0.29) is 24.0 Å². The minimum absolute atomic E-state index is 0. The van der Waals surface area contributed by atoms with Crippen molar-refractivity contribution in [1.29, 1.82) is 0 Å². The topological polar surface area (TPSA) is 68.9 Å². The number of nitrogens with zero attached hydrogens (tertiary/aromatic N) is 1. The van der Waals surface area contributed by atoms with Crippen molar-refractivity contribution in [2.24, 2.45) is 10.7 Å². The summed E-state index contributed by atoms with van der Waals surface area (Å²) >= 11 is 0. The molecule has 0 atom stereocenters. The molecule has 0 radical (unpaired) electrons. The number of unbranched alkanes of at least 4 members (excludes halogenated alkanes) is 1. The molecule has 0 aliphatic heterocycles. The van der Waals surface area contributed by atoms with Crippen LogP contribution in [0.5, 0.6) is 11.5 Å². The summed E-state index contributed by atoms with van der Waals surface area (Å²) in [6, 6.07) is 5.65. The predicted molar refractivity (Wildman–Crippen MR) is 93.2 cm³/mol. The molecule has 3 N–H and O–H groups in total. The number of rotatable bonds is 7. The van der Waals surface area contributed by atoms with Gasteiger partial charge >= 0.3 is 0 Å². The van der Waals surface area contributed by atoms with Gasteiger partial charge in [-0.1, -0.05) is 13.3 Å². The molecule has 0 aliphatic carbocycles. The SMILES string of the molecule is CCCCNC(N)=NCc1ccc(OC)cc1OC.I. The van der Waals surface area contributed by atoms with E-state index < -0.39 is 0 Å². The molecule has 1 aromatic rings. The van der Waals surface area contributed by atoms with Gasteiger partial charge in [-0.25, -0.2) is 4.99 Å². The molecule has 0 bridgehead atoms. The summed E-state index contributed by atoms with van der Waals surface area (Å²) in [6.45, 7) is 3.47. The smallest absolute Gasteiger partial charge is 0.188 e. The van der Waals surface area contributed by atoms with Gasteiger partial charge in [0.05, 0.1) is 20.8 Å². The fraction of sp³-hybridized carbons (Fsp3) is 0.500. The highest BCUT2D eigenvalue weighted by Crippen LogP contribution is 2.24. The van der Waals surface area contributed by atoms with E-state index in [1.54, 1.807) is 14.2 Å². The van der Waals surface area contributed by atoms with Gasteiger partial charge in [-0.05, 0) is 18.6 Å². The van der Waals surface area contributed by atoms with Gasteiger partial charge in [-0.2, -0.15) is 0 Å². The average molecular weight is 393 g/mol. The van der Waals surface area contributed by atoms with Gasteiger partial charge in [0.2, 0.25) is 0 Å². The molecular weight excluding hydrogens is 369 g/mol. The van der Waals surface area contributed by atoms with E-state index in [0.717, 1.165) is 36.4 Å². The van der Waals surface area contributed by atoms with Crippen LogP contribution in [-0.2, 0) is 6.54 Å². The molecule has 0 spiro atoms. The van der Waals surface area contributed by atoms with Crippen molar-refractivity contribution in [1.82, 2.24) is 5.32 Å². The Labute approximate surface area is 138 Å². The van der Waals surface area contributed by atoms with Crippen LogP contribution in [0.2, 0.25) is 0 Å². The zero-order chi connectivity index (χ0) is 14.1. The standard InChI is InChI=1S/C14H23N3O2.HI/c1-4-5-8-16-14(15)17-10-11-6-7-12(18-2)9-13(11)19-3;/h6-7,9H,4-5,8,10H2,1-3H3,(H3,15,16,17);1H. The van der Waals surface area contributed by atoms with Crippen LogP contribution >= 0.6 is 24.0 Å². The third-order valence-electron chi connectivity index (χ3n) is 2.75. The van der Waals surface area contributed by atoms with Gasteiger partial charge in [-0.3, -0.25) is 0 Å². The minimum Gasteiger partial charge on any atom is -0.497 e. The van der Waals surface area contributed by atoms with Crippen molar-refractivity contribution in [3.05, 3.63) is 23.8 Å². The van der Waals surface area contributed by atoms with Crippen LogP contribution < -0.4 is 20.5 Å². The van der Waals surface area contributed by atoms with Crippen molar-refractivity contribution < 1.29 is 9.47 Å². The number of benzene rings is 1. The highest BCUT2D eigenvalue weighted by Gasteiger charge is 2.04. The van der Waals surface area contributed by atoms with Crippen molar-refractivity contribution >= 4 is 29.9 Å². The van der Waals surface area contributed by atoms with E-state index in [0.29, 0.717) is 12.5 Å². The second kappa shape index (κ2) is 10.6. The lowest BCUT2D eigenvalue weighted by molar-refractivity contribution is 0.391. The Kier molecular flexibility index (Phi) is 9.96. The number of guanidine groups is 1. The fourth-order valence-corrected chi connectivity index (χ4v) is 1.60. The van der Waals surface area contributed by atoms with E-state index in [1.807, 2.05) is 18.2 Å². The van der Waals surface area contributed by atoms with E-state index in [4.69, 9.17) is 15.2 Å². The molecule has 0 aromatic heterocycles. The van der Waals surface area contributed by atoms with Gasteiger partial charge in [-0.15, -0.1) is 24.0 Å². The molecule has 1 rings (SSSR count). The largest absolute Gasteiger partial charge is 0.497 e. The van der Waals surface area contributed by atoms with Crippen molar-refractivity contribution in [3.8, 4) is 11.5 Å². The number of halogens is 1. The van der Waals surface area contributed by atoms with Gasteiger partial charge < -0.3 is 20.5 Å². The maximum Gasteiger partial charge on any atom is 0.188 e. The Bertz CT molecular complexity index is 425. The fourth-order valence-electron chi connectivity index (χ4n) is 1.60. The van der Waals surface area contributed by atoms with Crippen LogP contribution in [0.1, 0.15) is 25.3 Å². The molecular formula is C14H24IN3O2. The number of aliphatic imine (C=N–C) groups is 1. The first-order valence-corrected chi connectivity index (χ1v) is 6.46. The van der Waals surface area contributed by atoms with Crippen LogP contribution in [0.3, 0.4) is 0 Å². The van der Waals surface area contributed by atoms with E-state index in [2.05, 4.69) is 17.2 Å². The molecule has 0 heterocycles. The lowest BCUT2D eigenvalue weighted by atomic mass is 10.2. The summed E-state index contributed by atoms with van der Waals surface area (Å²) in [7, 11) is 3.26. The van der Waals surface area contributed by atoms with E-state index >= 15 is 0 Å². The second-order valence-corrected chi connectivity index (χ2v) is 4.16. The summed E-state index contributed by atoms with van der Waals surface area (Å²) in [4.78, 5) is 4.29. The summed E-state index contributed by atoms with van der Waals surface area (Å²) in [5, 5.41) is 3.08. The molecule has 5 nitrogen and oxygen atoms in total. The zero-order valence-corrected chi connectivity index (χ0v) is 14.6. The predicted octanol–water partition coefficient (Wildman–Crippen LogP) is 2.53. The van der Waals surface area contributed by atoms with Crippen LogP contribution in [-0.4, -0.2) is 26.7 Å². The first-order valence-electron chi connectivity index (χ1n) is 6.46. The number of hydrogen-bond donors (Lipinski definition) is 2. The molecule has 0 unspecified atom stereocenters. The van der Waals surface area contributed by atoms with Crippen LogP contribution in [0.25, 0.3) is 0 Å². The quantitative estimate of drug-likeness (QED) is 0.323. The maximum absolute atomic E-state index is 5.78. The van der Waals surface area contributed by atoms with Crippen LogP contribution in [0, 0.1) is 0 Å². The van der Waals surface area contributed by atoms with E-state index in [1.165, 1.54) is 0 Å². The summed E-state index contributed by atoms with van der Waals surface area (Å²) in [6.07, 6.45) is 2.22. The Morgan fingerprint density at radius 2 is 2.05 bits per heavy atom. The maximum atomic E-state index is 5.78. The Balaban J connectivity index is 0.00000361. The van der Waals surface area contributed by atoms with Crippen molar-refractivity contribution in [2.45, 2.75) is 26.3 Å². The lowest BCUT2D eigenvalue weighted by Gasteiger charge is -2.09. The first-order chi connectivity index (χ1) is 9.21. The molecule has 6 heteroatoms. The number of ether oxygens (including phenoxy) is 2. The molecule has 0 saturated heterocycles. The van der Waals surface area contributed by atoms with Gasteiger partial charge in [0.15, 0.2) is 5.96 Å². The Morgan fingerprint density at radius 3 is 2.65 bits per heavy atom. The number of methoxy groups -OCH3 is 2. The van der Waals surface area contributed by atoms with Gasteiger partial charge in [0, 0.05) is 18.2 Å². The molecule has 0 fully saturated rings. The normalized spacial score (nSPS) is 10.7. The Hall–Kier alpha value is -1.18. The molecule has 1 aromatic carbocycles. The molecule has 0 aliphatic rings. The highest BCUT2D eigenvalue weighted by atomic mass is 127. The van der Waals surface area contributed by atoms with Crippen molar-refractivity contribution in [2.75, 3.05) is 20.8 Å². The van der Waals surface area contributed by atoms with Gasteiger partial charge in [0.1, 0.15) is 11.5 Å². The number of nitrogens with two attached hydrogens (primary N) is 1. The highest BCUT2D eigenvalue weighted by molar-refractivity contribution is 14.0. The van der Waals surface area contributed by atoms with Crippen LogP contribution in [0.15, 0.2) is 23.2 Å². The van der Waals surface area contributed by atoms with Crippen LogP contribution in [0.4, 0.5) is 0 Å². The number of hydrogen-bond acceptors (Lipinski definition) is 3. The monoisotopic (exact) mass is 393 g/mol. The van der Waals surface area contributed by atoms with Gasteiger partial charge in [0.25, 0.3) is 0 Å². The zero-order valence-electron chi connectivity index (χ0n) is 12.3. The first kappa shape index (κ1) is 18.8. The summed E-state index contributed by atoms with van der Waals surface area (Å²) < 4.78 is 10.5. The molecule has 114 valence electrons. The molecule has 0 amide bonds. The minimum atomic E-state index is 0. The van der Waals surface area contributed by atoms with E-state index in [9.17, 15) is 0 Å². The second-order valence-electron chi connectivity index (χ2n) is 4.16.